The lowest BCUT2D eigenvalue weighted by atomic mass is 9.49. The van der Waals surface area contributed by atoms with Gasteiger partial charge in [-0.05, 0) is 61.7 Å². The van der Waals surface area contributed by atoms with Gasteiger partial charge in [0.1, 0.15) is 6.29 Å². The summed E-state index contributed by atoms with van der Waals surface area (Å²) in [7, 11) is 0. The van der Waals surface area contributed by atoms with Crippen molar-refractivity contribution in [2.45, 2.75) is 50.7 Å². The Morgan fingerprint density at radius 1 is 1.18 bits per heavy atom. The number of carbonyl (C=O) groups excluding carboxylic acids is 2. The van der Waals surface area contributed by atoms with E-state index in [0.717, 1.165) is 24.0 Å². The molecule has 4 bridgehead atoms. The Morgan fingerprint density at radius 3 is 2.00 bits per heavy atom. The number of hydrogen-bond donors (Lipinski definition) is 0. The van der Waals surface area contributed by atoms with E-state index in [0.29, 0.717) is 0 Å². The highest BCUT2D eigenvalue weighted by Gasteiger charge is 2.54. The van der Waals surface area contributed by atoms with Crippen molar-refractivity contribution in [2.24, 2.45) is 23.2 Å². The van der Waals surface area contributed by atoms with E-state index < -0.39 is 0 Å². The van der Waals surface area contributed by atoms with Gasteiger partial charge < -0.3 is 4.79 Å². The molecule has 4 rings (SSSR count). The molecule has 4 aliphatic carbocycles. The topological polar surface area (TPSA) is 34.1 Å². The molecule has 0 amide bonds. The molecule has 0 radical (unpaired) electrons. The average Bonchev–Trinajstić information content (AvgIpc) is 2.23. The van der Waals surface area contributed by atoms with E-state index in [1.807, 2.05) is 0 Å². The van der Waals surface area contributed by atoms with Gasteiger partial charge >= 0.3 is 0 Å². The molecule has 2 nitrogen and oxygen atoms in total. The molecule has 0 aliphatic heterocycles. The van der Waals surface area contributed by atoms with Gasteiger partial charge in [0.15, 0.2) is 5.12 Å². The predicted octanol–water partition coefficient (Wildman–Crippen LogP) is 3.05. The van der Waals surface area contributed by atoms with Gasteiger partial charge in [-0.3, -0.25) is 4.79 Å². The third kappa shape index (κ3) is 1.96. The van der Waals surface area contributed by atoms with Crippen LogP contribution in [0.4, 0.5) is 0 Å². The molecule has 0 spiro atoms. The Kier molecular flexibility index (Phi) is 2.85. The molecule has 0 aromatic rings. The van der Waals surface area contributed by atoms with Gasteiger partial charge in [0.2, 0.25) is 0 Å². The zero-order chi connectivity index (χ0) is 12.0. The Bertz CT molecular complexity index is 315. The third-order valence-corrected chi connectivity index (χ3v) is 6.30. The van der Waals surface area contributed by atoms with E-state index in [9.17, 15) is 9.59 Å². The zero-order valence-electron chi connectivity index (χ0n) is 10.4. The third-order valence-electron chi connectivity index (χ3n) is 5.11. The van der Waals surface area contributed by atoms with Crippen LogP contribution in [-0.4, -0.2) is 16.7 Å². The Labute approximate surface area is 107 Å². The minimum Gasteiger partial charge on any atom is -0.302 e. The Hall–Kier alpha value is -0.310. The van der Waals surface area contributed by atoms with Gasteiger partial charge in [0.25, 0.3) is 0 Å². The average molecular weight is 252 g/mol. The van der Waals surface area contributed by atoms with E-state index in [1.54, 1.807) is 6.92 Å². The summed E-state index contributed by atoms with van der Waals surface area (Å²) in [6.07, 6.45) is 8.80. The summed E-state index contributed by atoms with van der Waals surface area (Å²) in [6, 6.07) is 0. The smallest absolute Gasteiger partial charge is 0.186 e. The molecule has 0 aromatic carbocycles. The van der Waals surface area contributed by atoms with Gasteiger partial charge in [-0.15, -0.1) is 0 Å². The summed E-state index contributed by atoms with van der Waals surface area (Å²) in [5.41, 5.74) is 0.173. The molecule has 0 heterocycles. The van der Waals surface area contributed by atoms with Crippen LogP contribution in [0, 0.1) is 23.2 Å². The molecule has 4 saturated carbocycles. The molecule has 1 unspecified atom stereocenters. The molecule has 0 saturated heterocycles. The maximum Gasteiger partial charge on any atom is 0.186 e. The maximum absolute atomic E-state index is 11.4. The number of rotatable bonds is 3. The van der Waals surface area contributed by atoms with Gasteiger partial charge in [0, 0.05) is 6.92 Å². The monoisotopic (exact) mass is 252 g/mol. The lowest BCUT2D eigenvalue weighted by Gasteiger charge is -2.58. The van der Waals surface area contributed by atoms with Crippen molar-refractivity contribution in [1.82, 2.24) is 0 Å². The molecule has 3 heteroatoms. The van der Waals surface area contributed by atoms with E-state index in [-0.39, 0.29) is 15.8 Å². The first-order chi connectivity index (χ1) is 8.11. The van der Waals surface area contributed by atoms with Crippen LogP contribution in [0.25, 0.3) is 0 Å². The number of carbonyl (C=O) groups is 2. The summed E-state index contributed by atoms with van der Waals surface area (Å²) in [4.78, 5) is 22.7. The highest BCUT2D eigenvalue weighted by Crippen LogP contribution is 2.62. The molecule has 1 atom stereocenters. The number of thioether (sulfide) groups is 1. The van der Waals surface area contributed by atoms with Crippen molar-refractivity contribution in [3.8, 4) is 0 Å². The van der Waals surface area contributed by atoms with Crippen LogP contribution in [0.1, 0.15) is 45.4 Å². The first-order valence-corrected chi connectivity index (χ1v) is 7.62. The molecular formula is C14H20O2S. The lowest BCUT2D eigenvalue weighted by molar-refractivity contribution is -0.116. The highest BCUT2D eigenvalue weighted by atomic mass is 32.2. The molecule has 4 fully saturated rings. The van der Waals surface area contributed by atoms with Gasteiger partial charge in [-0.2, -0.15) is 0 Å². The van der Waals surface area contributed by atoms with Crippen LogP contribution in [0.15, 0.2) is 0 Å². The summed E-state index contributed by atoms with van der Waals surface area (Å²) >= 11 is 1.28. The quantitative estimate of drug-likeness (QED) is 0.724. The normalized spacial score (nSPS) is 44.6. The van der Waals surface area contributed by atoms with Crippen molar-refractivity contribution in [3.05, 3.63) is 0 Å². The lowest BCUT2D eigenvalue weighted by Crippen LogP contribution is -2.51. The van der Waals surface area contributed by atoms with Crippen LogP contribution in [0.3, 0.4) is 0 Å². The molecule has 94 valence electrons. The fraction of sp³-hybridized carbons (Fsp3) is 0.857. The van der Waals surface area contributed by atoms with Crippen LogP contribution in [0.2, 0.25) is 0 Å². The zero-order valence-corrected chi connectivity index (χ0v) is 11.2. The van der Waals surface area contributed by atoms with Crippen molar-refractivity contribution in [3.63, 3.8) is 0 Å². The van der Waals surface area contributed by atoms with Gasteiger partial charge in [-0.25, -0.2) is 0 Å². The first-order valence-electron chi connectivity index (χ1n) is 6.74. The number of aldehydes is 1. The minimum atomic E-state index is -0.0756. The van der Waals surface area contributed by atoms with Crippen molar-refractivity contribution < 1.29 is 9.59 Å². The highest BCUT2D eigenvalue weighted by molar-refractivity contribution is 8.14. The largest absolute Gasteiger partial charge is 0.302 e. The summed E-state index contributed by atoms with van der Waals surface area (Å²) < 4.78 is 0. The summed E-state index contributed by atoms with van der Waals surface area (Å²) in [5, 5.41) is 0.0197. The Morgan fingerprint density at radius 2 is 1.65 bits per heavy atom. The van der Waals surface area contributed by atoms with Crippen molar-refractivity contribution in [2.75, 3.05) is 0 Å². The summed E-state index contributed by atoms with van der Waals surface area (Å²) in [5.74, 6) is 2.53. The SMILES string of the molecule is CC(=O)SC(C=O)C12CC3CC(CC(C3)C1)C2. The van der Waals surface area contributed by atoms with Crippen molar-refractivity contribution >= 4 is 23.2 Å². The molecule has 17 heavy (non-hydrogen) atoms. The van der Waals surface area contributed by atoms with Crippen LogP contribution >= 0.6 is 11.8 Å². The summed E-state index contributed by atoms with van der Waals surface area (Å²) in [6.45, 7) is 1.58. The van der Waals surface area contributed by atoms with Crippen LogP contribution < -0.4 is 0 Å². The van der Waals surface area contributed by atoms with E-state index in [2.05, 4.69) is 0 Å². The molecule has 0 aromatic heterocycles. The van der Waals surface area contributed by atoms with E-state index >= 15 is 0 Å². The van der Waals surface area contributed by atoms with Crippen LogP contribution in [-0.2, 0) is 9.59 Å². The number of hydrogen-bond acceptors (Lipinski definition) is 3. The first kappa shape index (κ1) is 11.8. The Balaban J connectivity index is 1.84. The second-order valence-corrected chi connectivity index (χ2v) is 7.76. The maximum atomic E-state index is 11.4. The minimum absolute atomic E-state index is 0.0756. The molecular weight excluding hydrogens is 232 g/mol. The molecule has 4 aliphatic rings. The fourth-order valence-corrected chi connectivity index (χ4v) is 5.95. The fourth-order valence-electron chi connectivity index (χ4n) is 5.00. The van der Waals surface area contributed by atoms with Gasteiger partial charge in [-0.1, -0.05) is 11.8 Å². The van der Waals surface area contributed by atoms with Crippen LogP contribution in [0.5, 0.6) is 0 Å². The van der Waals surface area contributed by atoms with Crippen molar-refractivity contribution in [1.29, 1.82) is 0 Å². The van der Waals surface area contributed by atoms with Gasteiger partial charge in [0.05, 0.1) is 5.25 Å². The molecule has 0 N–H and O–H groups in total. The van der Waals surface area contributed by atoms with E-state index in [4.69, 9.17) is 0 Å². The standard InChI is InChI=1S/C14H20O2S/c1-9(16)17-13(8-15)14-5-10-2-11(6-14)4-12(3-10)7-14/h8,10-13H,2-7H2,1H3. The van der Waals surface area contributed by atoms with E-state index in [1.165, 1.54) is 50.3 Å². The predicted molar refractivity (Wildman–Crippen MR) is 68.7 cm³/mol. The second kappa shape index (κ2) is 4.11. The second-order valence-electron chi connectivity index (χ2n) is 6.45.